The number of halogens is 1. The molecule has 144 valence electrons. The number of carbonyl (C=O) groups is 2. The van der Waals surface area contributed by atoms with Gasteiger partial charge in [0.05, 0.1) is 6.54 Å². The number of amides is 2. The molecule has 26 heavy (non-hydrogen) atoms. The summed E-state index contributed by atoms with van der Waals surface area (Å²) in [7, 11) is 0. The average Bonchev–Trinajstić information content (AvgIpc) is 2.61. The Bertz CT molecular complexity index is 615. The zero-order chi connectivity index (χ0) is 19.1. The lowest BCUT2D eigenvalue weighted by atomic mass is 10.0. The molecule has 2 amide bonds. The maximum Gasteiger partial charge on any atom is 0.234 e. The zero-order valence-electron chi connectivity index (χ0n) is 16.0. The van der Waals surface area contributed by atoms with Crippen LogP contribution in [0.1, 0.15) is 51.6 Å². The molecule has 1 aliphatic heterocycles. The second-order valence-electron chi connectivity index (χ2n) is 7.02. The Balaban J connectivity index is 1.92. The van der Waals surface area contributed by atoms with Crippen molar-refractivity contribution in [1.82, 2.24) is 15.1 Å². The Morgan fingerprint density at radius 3 is 2.54 bits per heavy atom. The molecule has 1 aromatic carbocycles. The van der Waals surface area contributed by atoms with Crippen molar-refractivity contribution in [3.8, 4) is 0 Å². The summed E-state index contributed by atoms with van der Waals surface area (Å²) in [6.45, 7) is 8.61. The zero-order valence-corrected chi connectivity index (χ0v) is 17.6. The Labute approximate surface area is 165 Å². The third-order valence-corrected chi connectivity index (χ3v) is 5.79. The Hall–Kier alpha value is -1.40. The van der Waals surface area contributed by atoms with Crippen molar-refractivity contribution in [2.45, 2.75) is 52.1 Å². The van der Waals surface area contributed by atoms with E-state index in [1.54, 1.807) is 6.92 Å². The van der Waals surface area contributed by atoms with Crippen molar-refractivity contribution in [3.63, 3.8) is 0 Å². The molecule has 1 heterocycles. The molecular weight excluding hydrogens is 394 g/mol. The van der Waals surface area contributed by atoms with Gasteiger partial charge in [-0.3, -0.25) is 14.5 Å². The number of likely N-dealkylation sites (tertiary alicyclic amines) is 1. The van der Waals surface area contributed by atoms with Crippen LogP contribution in [-0.4, -0.2) is 53.8 Å². The van der Waals surface area contributed by atoms with E-state index < -0.39 is 0 Å². The molecule has 6 heteroatoms. The van der Waals surface area contributed by atoms with Gasteiger partial charge in [0, 0.05) is 36.6 Å². The first-order valence-electron chi connectivity index (χ1n) is 9.45. The molecular formula is C20H30BrN3O2. The Kier molecular flexibility index (Phi) is 8.10. The molecule has 1 atom stereocenters. The fourth-order valence-electron chi connectivity index (χ4n) is 3.50. The van der Waals surface area contributed by atoms with Crippen molar-refractivity contribution in [2.75, 3.05) is 26.2 Å². The van der Waals surface area contributed by atoms with Crippen LogP contribution in [0.2, 0.25) is 0 Å². The van der Waals surface area contributed by atoms with E-state index in [9.17, 15) is 9.59 Å². The fraction of sp³-hybridized carbons (Fsp3) is 0.600. The first-order valence-corrected chi connectivity index (χ1v) is 10.2. The lowest BCUT2D eigenvalue weighted by Crippen LogP contribution is -2.48. The molecule has 0 saturated carbocycles. The lowest BCUT2D eigenvalue weighted by Gasteiger charge is -2.33. The van der Waals surface area contributed by atoms with Gasteiger partial charge in [-0.2, -0.15) is 0 Å². The van der Waals surface area contributed by atoms with E-state index >= 15 is 0 Å². The topological polar surface area (TPSA) is 52.7 Å². The molecule has 2 rings (SSSR count). The maximum atomic E-state index is 12.6. The summed E-state index contributed by atoms with van der Waals surface area (Å²) in [6.07, 6.45) is 2.66. The van der Waals surface area contributed by atoms with Crippen molar-refractivity contribution in [2.24, 2.45) is 0 Å². The number of nitrogens with zero attached hydrogens (tertiary/aromatic N) is 2. The minimum Gasteiger partial charge on any atom is -0.352 e. The Morgan fingerprint density at radius 1 is 1.31 bits per heavy atom. The first kappa shape index (κ1) is 20.9. The molecule has 5 nitrogen and oxygen atoms in total. The highest BCUT2D eigenvalue weighted by atomic mass is 79.9. The number of hydrogen-bond donors (Lipinski definition) is 1. The molecule has 1 aliphatic rings. The molecule has 0 radical (unpaired) electrons. The molecule has 1 N–H and O–H groups in total. The van der Waals surface area contributed by atoms with Crippen LogP contribution < -0.4 is 5.32 Å². The second kappa shape index (κ2) is 10.1. The van der Waals surface area contributed by atoms with Crippen LogP contribution in [0.5, 0.6) is 0 Å². The van der Waals surface area contributed by atoms with Crippen molar-refractivity contribution >= 4 is 27.7 Å². The average molecular weight is 424 g/mol. The van der Waals surface area contributed by atoms with E-state index in [2.05, 4.69) is 46.1 Å². The number of benzene rings is 1. The summed E-state index contributed by atoms with van der Waals surface area (Å²) < 4.78 is 1.07. The maximum absolute atomic E-state index is 12.6. The standard InChI is InChI=1S/C20H30BrN3O2/c1-4-11-24(15(2)18-7-5-6-8-19(18)21)14-20(26)22-17-9-12-23(13-10-17)16(3)25/h5-8,15,17H,4,9-14H2,1-3H3,(H,22,26). The molecule has 0 bridgehead atoms. The predicted octanol–water partition coefficient (Wildman–Crippen LogP) is 3.35. The SMILES string of the molecule is CCCN(CC(=O)NC1CCN(C(C)=O)CC1)C(C)c1ccccc1Br. The van der Waals surface area contributed by atoms with Crippen LogP contribution in [0.15, 0.2) is 28.7 Å². The first-order chi connectivity index (χ1) is 12.4. The highest BCUT2D eigenvalue weighted by Crippen LogP contribution is 2.27. The van der Waals surface area contributed by atoms with Gasteiger partial charge in [-0.25, -0.2) is 0 Å². The van der Waals surface area contributed by atoms with E-state index in [1.165, 1.54) is 5.56 Å². The fourth-order valence-corrected chi connectivity index (χ4v) is 4.12. The molecule has 1 unspecified atom stereocenters. The summed E-state index contributed by atoms with van der Waals surface area (Å²) in [5.74, 6) is 0.185. The number of nitrogens with one attached hydrogen (secondary N) is 1. The summed E-state index contributed by atoms with van der Waals surface area (Å²) in [5, 5.41) is 3.16. The molecule has 0 spiro atoms. The smallest absolute Gasteiger partial charge is 0.234 e. The van der Waals surface area contributed by atoms with Crippen LogP contribution in [0.25, 0.3) is 0 Å². The van der Waals surface area contributed by atoms with Gasteiger partial charge in [-0.1, -0.05) is 41.1 Å². The summed E-state index contributed by atoms with van der Waals surface area (Å²) in [6, 6.07) is 8.51. The predicted molar refractivity (Wildman–Crippen MR) is 108 cm³/mol. The third-order valence-electron chi connectivity index (χ3n) is 5.07. The van der Waals surface area contributed by atoms with Gasteiger partial charge in [0.2, 0.25) is 11.8 Å². The number of rotatable bonds is 7. The van der Waals surface area contributed by atoms with Crippen molar-refractivity contribution in [1.29, 1.82) is 0 Å². The third kappa shape index (κ3) is 5.81. The summed E-state index contributed by atoms with van der Waals surface area (Å²) in [4.78, 5) is 28.1. The van der Waals surface area contributed by atoms with Crippen LogP contribution >= 0.6 is 15.9 Å². The molecule has 0 aliphatic carbocycles. The van der Waals surface area contributed by atoms with Crippen molar-refractivity contribution < 1.29 is 9.59 Å². The highest BCUT2D eigenvalue weighted by molar-refractivity contribution is 9.10. The number of hydrogen-bond acceptors (Lipinski definition) is 3. The quantitative estimate of drug-likeness (QED) is 0.731. The van der Waals surface area contributed by atoms with E-state index in [-0.39, 0.29) is 23.9 Å². The van der Waals surface area contributed by atoms with Gasteiger partial charge < -0.3 is 10.2 Å². The van der Waals surface area contributed by atoms with Gasteiger partial charge in [0.25, 0.3) is 0 Å². The van der Waals surface area contributed by atoms with E-state index in [0.29, 0.717) is 6.54 Å². The van der Waals surface area contributed by atoms with Crippen LogP contribution in [0.3, 0.4) is 0 Å². The lowest BCUT2D eigenvalue weighted by molar-refractivity contribution is -0.130. The monoisotopic (exact) mass is 423 g/mol. The minimum atomic E-state index is 0.0682. The van der Waals surface area contributed by atoms with Gasteiger partial charge in [-0.05, 0) is 44.4 Å². The molecule has 1 saturated heterocycles. The van der Waals surface area contributed by atoms with Crippen LogP contribution in [0.4, 0.5) is 0 Å². The summed E-state index contributed by atoms with van der Waals surface area (Å²) >= 11 is 3.62. The molecule has 1 aromatic rings. The highest BCUT2D eigenvalue weighted by Gasteiger charge is 2.24. The van der Waals surface area contributed by atoms with Gasteiger partial charge >= 0.3 is 0 Å². The summed E-state index contributed by atoms with van der Waals surface area (Å²) in [5.41, 5.74) is 1.20. The van der Waals surface area contributed by atoms with Gasteiger partial charge in [0.15, 0.2) is 0 Å². The van der Waals surface area contributed by atoms with Gasteiger partial charge in [-0.15, -0.1) is 0 Å². The normalized spacial score (nSPS) is 16.6. The second-order valence-corrected chi connectivity index (χ2v) is 7.87. The van der Waals surface area contributed by atoms with Gasteiger partial charge in [0.1, 0.15) is 0 Å². The molecule has 0 aromatic heterocycles. The van der Waals surface area contributed by atoms with Crippen LogP contribution in [0, 0.1) is 0 Å². The number of piperidine rings is 1. The largest absolute Gasteiger partial charge is 0.352 e. The van der Waals surface area contributed by atoms with E-state index in [1.807, 2.05) is 23.1 Å². The van der Waals surface area contributed by atoms with E-state index in [4.69, 9.17) is 0 Å². The Morgan fingerprint density at radius 2 is 1.96 bits per heavy atom. The molecule has 1 fully saturated rings. The minimum absolute atomic E-state index is 0.0682. The number of carbonyl (C=O) groups excluding carboxylic acids is 2. The van der Waals surface area contributed by atoms with Crippen LogP contribution in [-0.2, 0) is 9.59 Å². The van der Waals surface area contributed by atoms with E-state index in [0.717, 1.165) is 43.4 Å². The van der Waals surface area contributed by atoms with Crippen molar-refractivity contribution in [3.05, 3.63) is 34.3 Å².